The van der Waals surface area contributed by atoms with E-state index < -0.39 is 11.9 Å². The first kappa shape index (κ1) is 11.5. The summed E-state index contributed by atoms with van der Waals surface area (Å²) in [4.78, 5) is 19.9. The third-order valence-electron chi connectivity index (χ3n) is 1.42. The number of carboxylic acid groups (broad SMARTS) is 2. The van der Waals surface area contributed by atoms with Crippen LogP contribution in [0, 0.1) is 0 Å². The third kappa shape index (κ3) is 3.29. The first-order valence-corrected chi connectivity index (χ1v) is 4.00. The zero-order chi connectivity index (χ0) is 12.0. The van der Waals surface area contributed by atoms with Gasteiger partial charge in [0, 0.05) is 6.07 Å². The highest BCUT2D eigenvalue weighted by Crippen LogP contribution is 1.97. The Labute approximate surface area is 88.9 Å². The zero-order valence-corrected chi connectivity index (χ0v) is 7.86. The molecule has 0 aliphatic carbocycles. The minimum atomic E-state index is -1.09. The number of carboxylic acids is 2. The Morgan fingerprint density at radius 1 is 1.19 bits per heavy atom. The fourth-order valence-corrected chi connectivity index (χ4v) is 0.712. The van der Waals surface area contributed by atoms with Crippen LogP contribution in [-0.4, -0.2) is 27.3 Å². The molecule has 84 valence electrons. The molecule has 0 aromatic carbocycles. The fraction of sp³-hybridized carbons (Fsp3) is 0. The minimum absolute atomic E-state index is 0.134. The van der Waals surface area contributed by atoms with Crippen LogP contribution in [0.15, 0.2) is 39.8 Å². The highest BCUT2D eigenvalue weighted by atomic mass is 16.5. The molecule has 0 aliphatic rings. The second-order valence-electron chi connectivity index (χ2n) is 2.50. The summed E-state index contributed by atoms with van der Waals surface area (Å²) in [6.45, 7) is 0. The molecule has 2 N–H and O–H groups in total. The molecular formula is C9H7NO6. The minimum Gasteiger partial charge on any atom is -0.478 e. The van der Waals surface area contributed by atoms with Gasteiger partial charge in [0.1, 0.15) is 6.26 Å². The van der Waals surface area contributed by atoms with Crippen molar-refractivity contribution in [1.29, 1.82) is 0 Å². The number of rotatable bonds is 2. The van der Waals surface area contributed by atoms with E-state index in [-0.39, 0.29) is 11.3 Å². The Morgan fingerprint density at radius 3 is 2.19 bits per heavy atom. The van der Waals surface area contributed by atoms with Gasteiger partial charge in [0.25, 0.3) is 0 Å². The Balaban J connectivity index is 0.000000160. The molecule has 0 bridgehead atoms. The van der Waals surface area contributed by atoms with Gasteiger partial charge in [-0.1, -0.05) is 5.16 Å². The molecule has 0 saturated carbocycles. The number of aromatic nitrogens is 1. The molecule has 2 heterocycles. The molecule has 0 fully saturated rings. The highest BCUT2D eigenvalue weighted by Gasteiger charge is 2.03. The average molecular weight is 225 g/mol. The predicted molar refractivity (Wildman–Crippen MR) is 49.1 cm³/mol. The second kappa shape index (κ2) is 5.35. The lowest BCUT2D eigenvalue weighted by Gasteiger charge is -1.77. The van der Waals surface area contributed by atoms with Crippen molar-refractivity contribution in [3.05, 3.63) is 42.2 Å². The smallest absolute Gasteiger partial charge is 0.374 e. The van der Waals surface area contributed by atoms with Crippen molar-refractivity contribution in [1.82, 2.24) is 5.16 Å². The number of carbonyl (C=O) groups is 2. The molecule has 0 aliphatic heterocycles. The highest BCUT2D eigenvalue weighted by molar-refractivity contribution is 5.86. The van der Waals surface area contributed by atoms with Gasteiger partial charge in [0.2, 0.25) is 5.76 Å². The van der Waals surface area contributed by atoms with Crippen LogP contribution < -0.4 is 0 Å². The first-order chi connectivity index (χ1) is 7.61. The van der Waals surface area contributed by atoms with Crippen LogP contribution >= 0.6 is 0 Å². The monoisotopic (exact) mass is 225 g/mol. The zero-order valence-electron chi connectivity index (χ0n) is 7.86. The maximum Gasteiger partial charge on any atom is 0.374 e. The summed E-state index contributed by atoms with van der Waals surface area (Å²) >= 11 is 0. The van der Waals surface area contributed by atoms with Gasteiger partial charge in [0.15, 0.2) is 0 Å². The summed E-state index contributed by atoms with van der Waals surface area (Å²) in [5, 5.41) is 19.5. The van der Waals surface area contributed by atoms with Crippen LogP contribution in [0.5, 0.6) is 0 Å². The van der Waals surface area contributed by atoms with E-state index in [1.54, 1.807) is 0 Å². The molecule has 2 rings (SSSR count). The van der Waals surface area contributed by atoms with Crippen molar-refractivity contribution in [3.63, 3.8) is 0 Å². The van der Waals surface area contributed by atoms with Crippen LogP contribution in [0.1, 0.15) is 20.9 Å². The van der Waals surface area contributed by atoms with E-state index in [0.717, 1.165) is 0 Å². The SMILES string of the molecule is O=C(O)c1ccno1.O=C(O)c1ccoc1. The Kier molecular flexibility index (Phi) is 3.84. The molecule has 2 aromatic heterocycles. The maximum absolute atomic E-state index is 10.0. The topological polar surface area (TPSA) is 114 Å². The van der Waals surface area contributed by atoms with E-state index in [9.17, 15) is 9.59 Å². The van der Waals surface area contributed by atoms with Gasteiger partial charge in [-0.05, 0) is 6.07 Å². The van der Waals surface area contributed by atoms with E-state index in [1.807, 2.05) is 0 Å². The van der Waals surface area contributed by atoms with Crippen LogP contribution in [0.25, 0.3) is 0 Å². The maximum atomic E-state index is 10.0. The van der Waals surface area contributed by atoms with E-state index in [2.05, 4.69) is 14.1 Å². The summed E-state index contributed by atoms with van der Waals surface area (Å²) in [6, 6.07) is 2.67. The van der Waals surface area contributed by atoms with Crippen LogP contribution in [-0.2, 0) is 0 Å². The molecule has 2 aromatic rings. The van der Waals surface area contributed by atoms with Gasteiger partial charge in [0.05, 0.1) is 18.0 Å². The van der Waals surface area contributed by atoms with Crippen LogP contribution in [0.2, 0.25) is 0 Å². The average Bonchev–Trinajstić information content (AvgIpc) is 2.93. The van der Waals surface area contributed by atoms with Gasteiger partial charge in [-0.3, -0.25) is 0 Å². The summed E-state index contributed by atoms with van der Waals surface area (Å²) < 4.78 is 8.74. The number of furan rings is 1. The fourth-order valence-electron chi connectivity index (χ4n) is 0.712. The molecule has 0 saturated heterocycles. The molecule has 7 nitrogen and oxygen atoms in total. The van der Waals surface area contributed by atoms with E-state index >= 15 is 0 Å². The quantitative estimate of drug-likeness (QED) is 0.792. The predicted octanol–water partition coefficient (Wildman–Crippen LogP) is 1.35. The third-order valence-corrected chi connectivity index (χ3v) is 1.42. The van der Waals surface area contributed by atoms with E-state index in [1.165, 1.54) is 30.9 Å². The summed E-state index contributed by atoms with van der Waals surface area (Å²) in [7, 11) is 0. The molecule has 0 unspecified atom stereocenters. The number of nitrogens with zero attached hydrogens (tertiary/aromatic N) is 1. The normalized spacial score (nSPS) is 9.00. The van der Waals surface area contributed by atoms with Crippen molar-refractivity contribution >= 4 is 11.9 Å². The van der Waals surface area contributed by atoms with Gasteiger partial charge in [-0.2, -0.15) is 0 Å². The number of hydrogen-bond acceptors (Lipinski definition) is 5. The van der Waals surface area contributed by atoms with Gasteiger partial charge >= 0.3 is 11.9 Å². The first-order valence-electron chi connectivity index (χ1n) is 4.00. The van der Waals surface area contributed by atoms with Crippen LogP contribution in [0.4, 0.5) is 0 Å². The second-order valence-corrected chi connectivity index (χ2v) is 2.50. The number of aromatic carboxylic acids is 2. The van der Waals surface area contributed by atoms with Crippen LogP contribution in [0.3, 0.4) is 0 Å². The van der Waals surface area contributed by atoms with E-state index in [4.69, 9.17) is 10.2 Å². The molecule has 0 spiro atoms. The molecule has 0 radical (unpaired) electrons. The van der Waals surface area contributed by atoms with Crippen molar-refractivity contribution in [2.75, 3.05) is 0 Å². The largest absolute Gasteiger partial charge is 0.478 e. The Morgan fingerprint density at radius 2 is 1.94 bits per heavy atom. The molecule has 7 heteroatoms. The van der Waals surface area contributed by atoms with Gasteiger partial charge in [-0.15, -0.1) is 0 Å². The van der Waals surface area contributed by atoms with Crippen molar-refractivity contribution in [2.45, 2.75) is 0 Å². The van der Waals surface area contributed by atoms with Crippen molar-refractivity contribution < 1.29 is 28.7 Å². The lowest BCUT2D eigenvalue weighted by Crippen LogP contribution is -1.91. The van der Waals surface area contributed by atoms with Crippen molar-refractivity contribution in [2.24, 2.45) is 0 Å². The lowest BCUT2D eigenvalue weighted by molar-refractivity contribution is 0.0649. The Bertz CT molecular complexity index is 400. The number of hydrogen-bond donors (Lipinski definition) is 2. The summed E-state index contributed by atoms with van der Waals surface area (Å²) in [5.41, 5.74) is 0.185. The molecular weight excluding hydrogens is 218 g/mol. The molecule has 0 amide bonds. The summed E-state index contributed by atoms with van der Waals surface area (Å²) in [6.07, 6.45) is 3.79. The molecule has 16 heavy (non-hydrogen) atoms. The van der Waals surface area contributed by atoms with Crippen molar-refractivity contribution in [3.8, 4) is 0 Å². The van der Waals surface area contributed by atoms with Gasteiger partial charge < -0.3 is 19.2 Å². The standard InChI is InChI=1S/C5H4O3.C4H3NO3/c6-5(7)4-1-2-8-3-4;6-4(7)3-1-2-5-8-3/h1-3H,(H,6,7);1-2H,(H,6,7). The molecule has 0 atom stereocenters. The van der Waals surface area contributed by atoms with Gasteiger partial charge in [-0.25, -0.2) is 9.59 Å². The lowest BCUT2D eigenvalue weighted by atomic mass is 10.4. The Hall–Kier alpha value is -2.57. The summed E-state index contributed by atoms with van der Waals surface area (Å²) in [5.74, 6) is -2.19. The van der Waals surface area contributed by atoms with E-state index in [0.29, 0.717) is 0 Å².